The van der Waals surface area contributed by atoms with E-state index in [1.807, 2.05) is 26.0 Å². The van der Waals surface area contributed by atoms with Gasteiger partial charge in [-0.05, 0) is 33.3 Å². The highest BCUT2D eigenvalue weighted by molar-refractivity contribution is 5.60. The Morgan fingerprint density at radius 3 is 2.33 bits per heavy atom. The fourth-order valence-corrected chi connectivity index (χ4v) is 2.81. The summed E-state index contributed by atoms with van der Waals surface area (Å²) in [6, 6.07) is 6.73. The average Bonchev–Trinajstić information content (AvgIpc) is 2.45. The number of piperazine rings is 1. The number of nitrogens with two attached hydrogens (primary N) is 1. The Bertz CT molecular complexity index is 453. The summed E-state index contributed by atoms with van der Waals surface area (Å²) < 4.78 is 5.79. The molecule has 1 fully saturated rings. The molecule has 1 heterocycles. The summed E-state index contributed by atoms with van der Waals surface area (Å²) in [5.74, 6) is 0.865. The summed E-state index contributed by atoms with van der Waals surface area (Å²) in [6.45, 7) is 13.0. The molecule has 0 aliphatic carbocycles. The molecular formula is C17H29N3O. The second-order valence-electron chi connectivity index (χ2n) is 6.21. The van der Waals surface area contributed by atoms with Crippen molar-refractivity contribution in [1.82, 2.24) is 4.90 Å². The first-order valence-electron chi connectivity index (χ1n) is 8.05. The van der Waals surface area contributed by atoms with Crippen LogP contribution in [0.5, 0.6) is 5.75 Å². The lowest BCUT2D eigenvalue weighted by molar-refractivity contribution is 0.192. The summed E-state index contributed by atoms with van der Waals surface area (Å²) in [7, 11) is 0. The number of nitrogen functional groups attached to an aromatic ring is 1. The van der Waals surface area contributed by atoms with Crippen molar-refractivity contribution < 1.29 is 4.74 Å². The molecule has 0 radical (unpaired) electrons. The van der Waals surface area contributed by atoms with Crippen LogP contribution in [0.3, 0.4) is 0 Å². The van der Waals surface area contributed by atoms with E-state index >= 15 is 0 Å². The number of hydrogen-bond acceptors (Lipinski definition) is 4. The van der Waals surface area contributed by atoms with Gasteiger partial charge in [0.05, 0.1) is 6.10 Å². The number of anilines is 2. The molecule has 118 valence electrons. The lowest BCUT2D eigenvalue weighted by atomic mass is 10.1. The van der Waals surface area contributed by atoms with E-state index in [1.54, 1.807) is 0 Å². The second-order valence-corrected chi connectivity index (χ2v) is 6.21. The molecule has 0 amide bonds. The maximum absolute atomic E-state index is 6.02. The molecule has 1 unspecified atom stereocenters. The zero-order valence-electron chi connectivity index (χ0n) is 13.8. The molecule has 1 aliphatic heterocycles. The SMILES string of the molecule is CCC(C)N1CCN(c2cc(N)cc(OC(C)C)c2)CC1. The summed E-state index contributed by atoms with van der Waals surface area (Å²) in [5, 5.41) is 0. The van der Waals surface area contributed by atoms with Crippen LogP contribution in [0.2, 0.25) is 0 Å². The van der Waals surface area contributed by atoms with Crippen LogP contribution in [0.1, 0.15) is 34.1 Å². The zero-order valence-corrected chi connectivity index (χ0v) is 13.8. The van der Waals surface area contributed by atoms with Crippen molar-refractivity contribution in [3.8, 4) is 5.75 Å². The van der Waals surface area contributed by atoms with Gasteiger partial charge in [0.25, 0.3) is 0 Å². The minimum atomic E-state index is 0.168. The topological polar surface area (TPSA) is 41.7 Å². The molecule has 1 aromatic carbocycles. The first kappa shape index (κ1) is 16.0. The van der Waals surface area contributed by atoms with Crippen LogP contribution in [-0.2, 0) is 0 Å². The monoisotopic (exact) mass is 291 g/mol. The van der Waals surface area contributed by atoms with E-state index in [2.05, 4.69) is 29.7 Å². The molecule has 2 rings (SSSR count). The first-order valence-corrected chi connectivity index (χ1v) is 8.05. The fraction of sp³-hybridized carbons (Fsp3) is 0.647. The van der Waals surface area contributed by atoms with E-state index in [0.717, 1.165) is 37.6 Å². The van der Waals surface area contributed by atoms with Crippen LogP contribution < -0.4 is 15.4 Å². The van der Waals surface area contributed by atoms with Gasteiger partial charge in [0.15, 0.2) is 0 Å². The molecular weight excluding hydrogens is 262 g/mol. The van der Waals surface area contributed by atoms with Crippen molar-refractivity contribution in [3.63, 3.8) is 0 Å². The van der Waals surface area contributed by atoms with Gasteiger partial charge in [0.1, 0.15) is 5.75 Å². The number of rotatable bonds is 5. The predicted octanol–water partition coefficient (Wildman–Crippen LogP) is 2.98. The summed E-state index contributed by atoms with van der Waals surface area (Å²) >= 11 is 0. The van der Waals surface area contributed by atoms with Crippen molar-refractivity contribution in [2.24, 2.45) is 0 Å². The van der Waals surface area contributed by atoms with Crippen LogP contribution in [0.15, 0.2) is 18.2 Å². The Kier molecular flexibility index (Phi) is 5.34. The van der Waals surface area contributed by atoms with Crippen LogP contribution >= 0.6 is 0 Å². The summed E-state index contributed by atoms with van der Waals surface area (Å²) in [6.07, 6.45) is 1.38. The molecule has 21 heavy (non-hydrogen) atoms. The molecule has 1 atom stereocenters. The van der Waals surface area contributed by atoms with Crippen molar-refractivity contribution in [3.05, 3.63) is 18.2 Å². The van der Waals surface area contributed by atoms with E-state index < -0.39 is 0 Å². The molecule has 4 nitrogen and oxygen atoms in total. The van der Waals surface area contributed by atoms with Crippen molar-refractivity contribution in [1.29, 1.82) is 0 Å². The Balaban J connectivity index is 2.04. The lowest BCUT2D eigenvalue weighted by Crippen LogP contribution is -2.49. The van der Waals surface area contributed by atoms with E-state index in [9.17, 15) is 0 Å². The Labute approximate surface area is 128 Å². The Hall–Kier alpha value is -1.42. The molecule has 2 N–H and O–H groups in total. The van der Waals surface area contributed by atoms with Crippen molar-refractivity contribution >= 4 is 11.4 Å². The third kappa shape index (κ3) is 4.27. The smallest absolute Gasteiger partial charge is 0.123 e. The van der Waals surface area contributed by atoms with Gasteiger partial charge in [-0.1, -0.05) is 6.92 Å². The molecule has 0 saturated carbocycles. The maximum atomic E-state index is 6.02. The predicted molar refractivity (Wildman–Crippen MR) is 90.2 cm³/mol. The molecule has 0 bridgehead atoms. The highest BCUT2D eigenvalue weighted by Crippen LogP contribution is 2.27. The Morgan fingerprint density at radius 1 is 1.10 bits per heavy atom. The number of nitrogens with zero attached hydrogens (tertiary/aromatic N) is 2. The highest BCUT2D eigenvalue weighted by atomic mass is 16.5. The largest absolute Gasteiger partial charge is 0.491 e. The quantitative estimate of drug-likeness (QED) is 0.847. The van der Waals surface area contributed by atoms with E-state index in [-0.39, 0.29) is 6.10 Å². The summed E-state index contributed by atoms with van der Waals surface area (Å²) in [4.78, 5) is 4.97. The first-order chi connectivity index (χ1) is 9.99. The van der Waals surface area contributed by atoms with Crippen LogP contribution in [0.25, 0.3) is 0 Å². The Morgan fingerprint density at radius 2 is 1.76 bits per heavy atom. The van der Waals surface area contributed by atoms with E-state index in [4.69, 9.17) is 10.5 Å². The van der Waals surface area contributed by atoms with Gasteiger partial charge < -0.3 is 15.4 Å². The molecule has 0 spiro atoms. The van der Waals surface area contributed by atoms with Gasteiger partial charge in [0, 0.05) is 55.7 Å². The number of hydrogen-bond donors (Lipinski definition) is 1. The van der Waals surface area contributed by atoms with E-state index in [0.29, 0.717) is 6.04 Å². The lowest BCUT2D eigenvalue weighted by Gasteiger charge is -2.39. The van der Waals surface area contributed by atoms with Gasteiger partial charge >= 0.3 is 0 Å². The van der Waals surface area contributed by atoms with Gasteiger partial charge in [-0.3, -0.25) is 4.90 Å². The third-order valence-electron chi connectivity index (χ3n) is 4.18. The number of benzene rings is 1. The molecule has 1 aliphatic rings. The molecule has 0 aromatic heterocycles. The van der Waals surface area contributed by atoms with Gasteiger partial charge in [0.2, 0.25) is 0 Å². The minimum Gasteiger partial charge on any atom is -0.491 e. The molecule has 1 aromatic rings. The van der Waals surface area contributed by atoms with Crippen molar-refractivity contribution in [2.45, 2.75) is 46.3 Å². The van der Waals surface area contributed by atoms with Crippen LogP contribution in [0.4, 0.5) is 11.4 Å². The highest BCUT2D eigenvalue weighted by Gasteiger charge is 2.20. The fourth-order valence-electron chi connectivity index (χ4n) is 2.81. The van der Waals surface area contributed by atoms with Crippen LogP contribution in [-0.4, -0.2) is 43.2 Å². The molecule has 1 saturated heterocycles. The van der Waals surface area contributed by atoms with Gasteiger partial charge in [-0.15, -0.1) is 0 Å². The van der Waals surface area contributed by atoms with Crippen LogP contribution in [0, 0.1) is 0 Å². The second kappa shape index (κ2) is 7.03. The van der Waals surface area contributed by atoms with E-state index in [1.165, 1.54) is 12.1 Å². The van der Waals surface area contributed by atoms with Gasteiger partial charge in [-0.25, -0.2) is 0 Å². The third-order valence-corrected chi connectivity index (χ3v) is 4.18. The minimum absolute atomic E-state index is 0.168. The summed E-state index contributed by atoms with van der Waals surface area (Å²) in [5.41, 5.74) is 7.97. The standard InChI is InChI=1S/C17H29N3O/c1-5-14(4)19-6-8-20(9-7-19)16-10-15(18)11-17(12-16)21-13(2)3/h10-14H,5-9,18H2,1-4H3. The zero-order chi connectivity index (χ0) is 15.4. The maximum Gasteiger partial charge on any atom is 0.123 e. The van der Waals surface area contributed by atoms with Crippen molar-refractivity contribution in [2.75, 3.05) is 36.8 Å². The van der Waals surface area contributed by atoms with Gasteiger partial charge in [-0.2, -0.15) is 0 Å². The number of ether oxygens (including phenoxy) is 1. The molecule has 4 heteroatoms. The average molecular weight is 291 g/mol. The normalized spacial score (nSPS) is 18.0.